The van der Waals surface area contributed by atoms with E-state index in [9.17, 15) is 4.79 Å². The first-order valence-electron chi connectivity index (χ1n) is 7.80. The van der Waals surface area contributed by atoms with Crippen LogP contribution in [0, 0.1) is 12.8 Å². The summed E-state index contributed by atoms with van der Waals surface area (Å²) in [4.78, 5) is 12.2. The molecule has 0 spiro atoms. The monoisotopic (exact) mass is 292 g/mol. The van der Waals surface area contributed by atoms with Gasteiger partial charge in [0.05, 0.1) is 12.2 Å². The second-order valence-electron chi connectivity index (χ2n) is 5.98. The van der Waals surface area contributed by atoms with Crippen molar-refractivity contribution in [2.75, 3.05) is 13.7 Å². The van der Waals surface area contributed by atoms with Crippen molar-refractivity contribution in [3.8, 4) is 0 Å². The fraction of sp³-hybridized carbons (Fsp3) is 0.611. The van der Waals surface area contributed by atoms with Gasteiger partial charge in [-0.05, 0) is 37.3 Å². The Morgan fingerprint density at radius 2 is 1.81 bits per heavy atom. The van der Waals surface area contributed by atoms with E-state index in [1.807, 2.05) is 25.1 Å². The van der Waals surface area contributed by atoms with Crippen molar-refractivity contribution in [3.63, 3.8) is 0 Å². The van der Waals surface area contributed by atoms with Crippen LogP contribution in [0.15, 0.2) is 24.3 Å². The molecule has 1 aromatic carbocycles. The van der Waals surface area contributed by atoms with Gasteiger partial charge in [0.1, 0.15) is 6.10 Å². The molecule has 3 nitrogen and oxygen atoms in total. The van der Waals surface area contributed by atoms with Crippen molar-refractivity contribution >= 4 is 5.97 Å². The van der Waals surface area contributed by atoms with Gasteiger partial charge in [0.25, 0.3) is 0 Å². The van der Waals surface area contributed by atoms with E-state index < -0.39 is 0 Å². The van der Waals surface area contributed by atoms with Crippen molar-refractivity contribution in [2.24, 2.45) is 5.92 Å². The number of hydrogen-bond acceptors (Lipinski definition) is 3. The van der Waals surface area contributed by atoms with Gasteiger partial charge in [-0.3, -0.25) is 0 Å². The Kier molecular flexibility index (Phi) is 8.06. The minimum atomic E-state index is -0.251. The Labute approximate surface area is 128 Å². The number of esters is 1. The lowest BCUT2D eigenvalue weighted by molar-refractivity contribution is 0.00225. The van der Waals surface area contributed by atoms with Gasteiger partial charge in [-0.15, -0.1) is 0 Å². The van der Waals surface area contributed by atoms with Gasteiger partial charge in [0.15, 0.2) is 0 Å². The molecule has 0 aromatic heterocycles. The molecular formula is C18H28O3. The molecule has 118 valence electrons. The van der Waals surface area contributed by atoms with Gasteiger partial charge in [-0.25, -0.2) is 4.79 Å². The molecule has 1 aromatic rings. The number of carbonyl (C=O) groups excluding carboxylic acids is 1. The maximum atomic E-state index is 12.2. The van der Waals surface area contributed by atoms with Crippen LogP contribution in [0.25, 0.3) is 0 Å². The number of ether oxygens (including phenoxy) is 2. The summed E-state index contributed by atoms with van der Waals surface area (Å²) in [6, 6.07) is 7.51. The third kappa shape index (κ3) is 6.76. The quantitative estimate of drug-likeness (QED) is 0.500. The topological polar surface area (TPSA) is 35.5 Å². The zero-order valence-corrected chi connectivity index (χ0v) is 13.7. The molecular weight excluding hydrogens is 264 g/mol. The predicted molar refractivity (Wildman–Crippen MR) is 85.6 cm³/mol. The molecule has 0 N–H and O–H groups in total. The van der Waals surface area contributed by atoms with Crippen LogP contribution < -0.4 is 0 Å². The Hall–Kier alpha value is -1.35. The van der Waals surface area contributed by atoms with E-state index in [0.717, 1.165) is 24.3 Å². The van der Waals surface area contributed by atoms with Crippen LogP contribution in [-0.4, -0.2) is 25.8 Å². The second-order valence-corrected chi connectivity index (χ2v) is 5.98. The van der Waals surface area contributed by atoms with Crippen LogP contribution in [0.1, 0.15) is 55.5 Å². The van der Waals surface area contributed by atoms with E-state index in [4.69, 9.17) is 9.47 Å². The number of methoxy groups -OCH3 is 1. The molecule has 1 atom stereocenters. The van der Waals surface area contributed by atoms with E-state index in [2.05, 4.69) is 13.8 Å². The first-order chi connectivity index (χ1) is 10.0. The lowest BCUT2D eigenvalue weighted by Crippen LogP contribution is -2.23. The molecule has 0 radical (unpaired) electrons. The van der Waals surface area contributed by atoms with E-state index in [-0.39, 0.29) is 12.1 Å². The van der Waals surface area contributed by atoms with Gasteiger partial charge in [0.2, 0.25) is 0 Å². The third-order valence-electron chi connectivity index (χ3n) is 3.55. The highest BCUT2D eigenvalue weighted by molar-refractivity contribution is 5.91. The summed E-state index contributed by atoms with van der Waals surface area (Å²) in [5, 5.41) is 0. The molecule has 0 aliphatic rings. The summed E-state index contributed by atoms with van der Waals surface area (Å²) in [6.07, 6.45) is 4.14. The fourth-order valence-electron chi connectivity index (χ4n) is 2.30. The van der Waals surface area contributed by atoms with Crippen LogP contribution in [0.2, 0.25) is 0 Å². The summed E-state index contributed by atoms with van der Waals surface area (Å²) < 4.78 is 10.8. The zero-order chi connectivity index (χ0) is 15.7. The first kappa shape index (κ1) is 17.7. The van der Waals surface area contributed by atoms with E-state index >= 15 is 0 Å². The standard InChI is InChI=1S/C18H28O3/c1-14(2)9-5-7-11-16(13-20-4)21-18(19)17-12-8-6-10-15(17)3/h6,8,10,12,14,16H,5,7,9,11,13H2,1-4H3. The van der Waals surface area contributed by atoms with Gasteiger partial charge >= 0.3 is 5.97 Å². The summed E-state index contributed by atoms with van der Waals surface area (Å²) in [7, 11) is 1.64. The number of carbonyl (C=O) groups is 1. The van der Waals surface area contributed by atoms with Gasteiger partial charge in [0, 0.05) is 7.11 Å². The first-order valence-corrected chi connectivity index (χ1v) is 7.80. The maximum absolute atomic E-state index is 12.2. The Morgan fingerprint density at radius 1 is 1.14 bits per heavy atom. The molecule has 21 heavy (non-hydrogen) atoms. The van der Waals surface area contributed by atoms with Crippen molar-refractivity contribution in [1.82, 2.24) is 0 Å². The minimum absolute atomic E-state index is 0.158. The van der Waals surface area contributed by atoms with Crippen LogP contribution in [0.5, 0.6) is 0 Å². The molecule has 1 unspecified atom stereocenters. The SMILES string of the molecule is COCC(CCCCC(C)C)OC(=O)c1ccccc1C. The Balaban J connectivity index is 2.49. The Morgan fingerprint density at radius 3 is 2.43 bits per heavy atom. The molecule has 0 heterocycles. The van der Waals surface area contributed by atoms with E-state index in [1.54, 1.807) is 13.2 Å². The third-order valence-corrected chi connectivity index (χ3v) is 3.55. The molecule has 0 aliphatic carbocycles. The molecule has 0 amide bonds. The largest absolute Gasteiger partial charge is 0.456 e. The smallest absolute Gasteiger partial charge is 0.338 e. The summed E-state index contributed by atoms with van der Waals surface area (Å²) in [5.74, 6) is 0.472. The highest BCUT2D eigenvalue weighted by Crippen LogP contribution is 2.15. The number of aryl methyl sites for hydroxylation is 1. The van der Waals surface area contributed by atoms with E-state index in [1.165, 1.54) is 12.8 Å². The minimum Gasteiger partial charge on any atom is -0.456 e. The lowest BCUT2D eigenvalue weighted by atomic mass is 10.0. The molecule has 0 bridgehead atoms. The van der Waals surface area contributed by atoms with Crippen LogP contribution in [-0.2, 0) is 9.47 Å². The van der Waals surface area contributed by atoms with Crippen LogP contribution in [0.4, 0.5) is 0 Å². The van der Waals surface area contributed by atoms with Gasteiger partial charge in [-0.1, -0.05) is 44.9 Å². The lowest BCUT2D eigenvalue weighted by Gasteiger charge is -2.18. The van der Waals surface area contributed by atoms with Crippen molar-refractivity contribution in [2.45, 2.75) is 52.6 Å². The average Bonchev–Trinajstić information content (AvgIpc) is 2.43. The molecule has 0 saturated carbocycles. The molecule has 0 aliphatic heterocycles. The molecule has 0 saturated heterocycles. The zero-order valence-electron chi connectivity index (χ0n) is 13.7. The number of rotatable bonds is 9. The van der Waals surface area contributed by atoms with Crippen molar-refractivity contribution in [3.05, 3.63) is 35.4 Å². The van der Waals surface area contributed by atoms with Gasteiger partial charge in [-0.2, -0.15) is 0 Å². The molecule has 0 fully saturated rings. The fourth-order valence-corrected chi connectivity index (χ4v) is 2.30. The number of hydrogen-bond donors (Lipinski definition) is 0. The highest BCUT2D eigenvalue weighted by Gasteiger charge is 2.17. The second kappa shape index (κ2) is 9.56. The number of unbranched alkanes of at least 4 members (excludes halogenated alkanes) is 1. The average molecular weight is 292 g/mol. The number of benzene rings is 1. The molecule has 1 rings (SSSR count). The Bertz CT molecular complexity index is 426. The maximum Gasteiger partial charge on any atom is 0.338 e. The summed E-state index contributed by atoms with van der Waals surface area (Å²) in [6.45, 7) is 6.83. The van der Waals surface area contributed by atoms with Crippen LogP contribution in [0.3, 0.4) is 0 Å². The highest BCUT2D eigenvalue weighted by atomic mass is 16.6. The summed E-state index contributed by atoms with van der Waals surface area (Å²) >= 11 is 0. The molecule has 3 heteroatoms. The van der Waals surface area contributed by atoms with Crippen LogP contribution >= 0.6 is 0 Å². The van der Waals surface area contributed by atoms with E-state index in [0.29, 0.717) is 12.2 Å². The van der Waals surface area contributed by atoms with Crippen molar-refractivity contribution < 1.29 is 14.3 Å². The van der Waals surface area contributed by atoms with Gasteiger partial charge < -0.3 is 9.47 Å². The van der Waals surface area contributed by atoms with Crippen molar-refractivity contribution in [1.29, 1.82) is 0 Å². The predicted octanol–water partition coefficient (Wildman–Crippen LogP) is 4.38. The summed E-state index contributed by atoms with van der Waals surface area (Å²) in [5.41, 5.74) is 1.58. The normalized spacial score (nSPS) is 12.4.